The van der Waals surface area contributed by atoms with Crippen molar-refractivity contribution in [1.82, 2.24) is 0 Å². The lowest BCUT2D eigenvalue weighted by Crippen LogP contribution is -2.26. The summed E-state index contributed by atoms with van der Waals surface area (Å²) in [6, 6.07) is 0. The van der Waals surface area contributed by atoms with Gasteiger partial charge in [-0.05, 0) is 32.6 Å². The maximum absolute atomic E-state index is 8.65. The molecule has 0 bridgehead atoms. The zero-order valence-corrected chi connectivity index (χ0v) is 7.66. The Kier molecular flexibility index (Phi) is 4.58. The Labute approximate surface area is 73.7 Å². The highest BCUT2D eigenvalue weighted by Gasteiger charge is 2.16. The number of aliphatic hydroxyl groups is 1. The summed E-state index contributed by atoms with van der Waals surface area (Å²) in [4.78, 5) is 0. The highest BCUT2D eigenvalue weighted by Crippen LogP contribution is 2.15. The van der Waals surface area contributed by atoms with Gasteiger partial charge in [0.2, 0.25) is 0 Å². The molecule has 1 N–H and O–H groups in total. The van der Waals surface area contributed by atoms with E-state index < -0.39 is 0 Å². The second-order valence-corrected chi connectivity index (χ2v) is 3.26. The lowest BCUT2D eigenvalue weighted by atomic mass is 10.2. The van der Waals surface area contributed by atoms with Gasteiger partial charge in [0, 0.05) is 13.2 Å². The van der Waals surface area contributed by atoms with Gasteiger partial charge in [-0.1, -0.05) is 0 Å². The van der Waals surface area contributed by atoms with Crippen molar-refractivity contribution in [2.24, 2.45) is 0 Å². The zero-order chi connectivity index (χ0) is 8.81. The van der Waals surface area contributed by atoms with Crippen LogP contribution in [0.15, 0.2) is 0 Å². The van der Waals surface area contributed by atoms with E-state index in [4.69, 9.17) is 14.6 Å². The monoisotopic (exact) mass is 174 g/mol. The summed E-state index contributed by atoms with van der Waals surface area (Å²) in [5, 5.41) is 8.65. The normalized spacial score (nSPS) is 27.0. The second-order valence-electron chi connectivity index (χ2n) is 3.26. The summed E-state index contributed by atoms with van der Waals surface area (Å²) in [5.41, 5.74) is 0. The van der Waals surface area contributed by atoms with Crippen LogP contribution in [-0.2, 0) is 9.47 Å². The third-order valence-corrected chi connectivity index (χ3v) is 2.06. The maximum Gasteiger partial charge on any atom is 0.157 e. The van der Waals surface area contributed by atoms with Gasteiger partial charge in [0.15, 0.2) is 6.29 Å². The van der Waals surface area contributed by atoms with Gasteiger partial charge in [0.25, 0.3) is 0 Å². The van der Waals surface area contributed by atoms with Crippen molar-refractivity contribution in [1.29, 1.82) is 0 Å². The second kappa shape index (κ2) is 5.51. The molecule has 1 fully saturated rings. The largest absolute Gasteiger partial charge is 0.396 e. The van der Waals surface area contributed by atoms with Crippen LogP contribution in [0, 0.1) is 0 Å². The highest BCUT2D eigenvalue weighted by molar-refractivity contribution is 4.57. The van der Waals surface area contributed by atoms with Crippen molar-refractivity contribution in [3.63, 3.8) is 0 Å². The molecule has 2 atom stereocenters. The summed E-state index contributed by atoms with van der Waals surface area (Å²) in [6.45, 7) is 2.97. The Morgan fingerprint density at radius 3 is 3.00 bits per heavy atom. The molecule has 3 heteroatoms. The van der Waals surface area contributed by atoms with Crippen LogP contribution in [-0.4, -0.2) is 30.7 Å². The fourth-order valence-electron chi connectivity index (χ4n) is 1.33. The van der Waals surface area contributed by atoms with Gasteiger partial charge in [0.05, 0.1) is 6.10 Å². The number of ether oxygens (including phenoxy) is 2. The quantitative estimate of drug-likeness (QED) is 0.698. The van der Waals surface area contributed by atoms with Gasteiger partial charge in [-0.3, -0.25) is 0 Å². The minimum Gasteiger partial charge on any atom is -0.396 e. The van der Waals surface area contributed by atoms with Crippen molar-refractivity contribution in [2.45, 2.75) is 45.0 Å². The van der Waals surface area contributed by atoms with Gasteiger partial charge in [-0.15, -0.1) is 0 Å². The van der Waals surface area contributed by atoms with Crippen LogP contribution in [0.3, 0.4) is 0 Å². The van der Waals surface area contributed by atoms with E-state index in [0.717, 1.165) is 19.4 Å². The molecule has 1 aliphatic rings. The van der Waals surface area contributed by atoms with Crippen molar-refractivity contribution in [3.05, 3.63) is 0 Å². The van der Waals surface area contributed by atoms with Crippen molar-refractivity contribution >= 4 is 0 Å². The molecule has 0 aromatic carbocycles. The molecule has 1 heterocycles. The van der Waals surface area contributed by atoms with E-state index in [-0.39, 0.29) is 19.0 Å². The molecule has 0 amide bonds. The molecule has 0 spiro atoms. The first-order chi connectivity index (χ1) is 5.83. The van der Waals surface area contributed by atoms with Crippen LogP contribution < -0.4 is 0 Å². The molecule has 3 nitrogen and oxygen atoms in total. The molecule has 1 aliphatic heterocycles. The van der Waals surface area contributed by atoms with Gasteiger partial charge in [-0.25, -0.2) is 0 Å². The van der Waals surface area contributed by atoms with Crippen molar-refractivity contribution in [3.8, 4) is 0 Å². The lowest BCUT2D eigenvalue weighted by Gasteiger charge is -2.25. The molecule has 72 valence electrons. The predicted octanol–water partition coefficient (Wildman–Crippen LogP) is 1.30. The smallest absolute Gasteiger partial charge is 0.157 e. The minimum absolute atomic E-state index is 0.0275. The maximum atomic E-state index is 8.65. The van der Waals surface area contributed by atoms with E-state index in [9.17, 15) is 0 Å². The zero-order valence-electron chi connectivity index (χ0n) is 7.66. The number of rotatable bonds is 4. The topological polar surface area (TPSA) is 38.7 Å². The van der Waals surface area contributed by atoms with Crippen LogP contribution in [0.2, 0.25) is 0 Å². The predicted molar refractivity (Wildman–Crippen MR) is 45.8 cm³/mol. The Morgan fingerprint density at radius 1 is 1.58 bits per heavy atom. The molecular formula is C9H18O3. The first-order valence-electron chi connectivity index (χ1n) is 4.71. The summed E-state index contributed by atoms with van der Waals surface area (Å²) in [6.07, 6.45) is 4.11. The first kappa shape index (κ1) is 9.96. The summed E-state index contributed by atoms with van der Waals surface area (Å²) in [7, 11) is 0. The molecule has 0 aliphatic carbocycles. The molecular weight excluding hydrogens is 156 g/mol. The third kappa shape index (κ3) is 3.52. The van der Waals surface area contributed by atoms with Crippen molar-refractivity contribution < 1.29 is 14.6 Å². The van der Waals surface area contributed by atoms with E-state index >= 15 is 0 Å². The lowest BCUT2D eigenvalue weighted by molar-refractivity contribution is -0.186. The Bertz CT molecular complexity index is 110. The summed E-state index contributed by atoms with van der Waals surface area (Å²) >= 11 is 0. The average Bonchev–Trinajstić information content (AvgIpc) is 2.06. The number of hydrogen-bond donors (Lipinski definition) is 1. The van der Waals surface area contributed by atoms with Gasteiger partial charge in [0.1, 0.15) is 0 Å². The molecule has 12 heavy (non-hydrogen) atoms. The summed E-state index contributed by atoms with van der Waals surface area (Å²) in [5.74, 6) is 0. The molecule has 0 aromatic heterocycles. The fraction of sp³-hybridized carbons (Fsp3) is 1.00. The molecule has 1 saturated heterocycles. The minimum atomic E-state index is -0.0275. The first-order valence-corrected chi connectivity index (χ1v) is 4.71. The molecule has 0 saturated carbocycles. The molecule has 1 rings (SSSR count). The average molecular weight is 174 g/mol. The van der Waals surface area contributed by atoms with Gasteiger partial charge < -0.3 is 14.6 Å². The summed E-state index contributed by atoms with van der Waals surface area (Å²) < 4.78 is 10.9. The van der Waals surface area contributed by atoms with E-state index in [1.807, 2.05) is 6.92 Å². The highest BCUT2D eigenvalue weighted by atomic mass is 16.7. The fourth-order valence-corrected chi connectivity index (χ4v) is 1.33. The van der Waals surface area contributed by atoms with E-state index in [1.165, 1.54) is 6.42 Å². The van der Waals surface area contributed by atoms with Crippen LogP contribution in [0.25, 0.3) is 0 Å². The number of hydrogen-bond acceptors (Lipinski definition) is 3. The van der Waals surface area contributed by atoms with Crippen LogP contribution in [0.4, 0.5) is 0 Å². The van der Waals surface area contributed by atoms with E-state index in [2.05, 4.69) is 0 Å². The van der Waals surface area contributed by atoms with E-state index in [1.54, 1.807) is 0 Å². The number of aliphatic hydroxyl groups excluding tert-OH is 1. The SMILES string of the molecule is C[C@H](CCO)O[C@H]1CCCCO1. The Morgan fingerprint density at radius 2 is 2.42 bits per heavy atom. The molecule has 0 unspecified atom stereocenters. The van der Waals surface area contributed by atoms with Crippen LogP contribution >= 0.6 is 0 Å². The van der Waals surface area contributed by atoms with Gasteiger partial charge in [-0.2, -0.15) is 0 Å². The van der Waals surface area contributed by atoms with E-state index in [0.29, 0.717) is 6.42 Å². The van der Waals surface area contributed by atoms with Crippen LogP contribution in [0.1, 0.15) is 32.6 Å². The van der Waals surface area contributed by atoms with Crippen molar-refractivity contribution in [2.75, 3.05) is 13.2 Å². The third-order valence-electron chi connectivity index (χ3n) is 2.06. The molecule has 0 radical (unpaired) electrons. The Hall–Kier alpha value is -0.120. The van der Waals surface area contributed by atoms with Gasteiger partial charge >= 0.3 is 0 Å². The Balaban J connectivity index is 2.11. The standard InChI is InChI=1S/C9H18O3/c1-8(5-6-10)12-9-4-2-3-7-11-9/h8-10H,2-7H2,1H3/t8-,9+/m1/s1. The molecule has 0 aromatic rings. The van der Waals surface area contributed by atoms with Crippen LogP contribution in [0.5, 0.6) is 0 Å².